The van der Waals surface area contributed by atoms with E-state index in [9.17, 15) is 0 Å². The molecule has 0 heterocycles. The van der Waals surface area contributed by atoms with Gasteiger partial charge >= 0.3 is 0 Å². The lowest BCUT2D eigenvalue weighted by molar-refractivity contribution is 0.112. The Bertz CT molecular complexity index is 161. The summed E-state index contributed by atoms with van der Waals surface area (Å²) in [5.74, 6) is 0. The smallest absolute Gasteiger partial charge is 0.0992 e. The number of hydrogen-bond donors (Lipinski definition) is 1. The van der Waals surface area contributed by atoms with E-state index in [1.54, 1.807) is 6.08 Å². The molecule has 2 atom stereocenters. The van der Waals surface area contributed by atoms with Crippen LogP contribution in [0.15, 0.2) is 24.3 Å². The minimum absolute atomic E-state index is 0.0694. The van der Waals surface area contributed by atoms with Crippen LogP contribution in [0.1, 0.15) is 6.92 Å². The zero-order chi connectivity index (χ0) is 7.56. The lowest BCUT2D eigenvalue weighted by Crippen LogP contribution is -2.14. The SMILES string of the molecule is C=C1C(O)C=CC1OCC. The van der Waals surface area contributed by atoms with Crippen molar-refractivity contribution >= 4 is 0 Å². The molecule has 1 aliphatic carbocycles. The van der Waals surface area contributed by atoms with Crippen molar-refractivity contribution in [3.05, 3.63) is 24.3 Å². The Morgan fingerprint density at radius 2 is 2.40 bits per heavy atom. The summed E-state index contributed by atoms with van der Waals surface area (Å²) in [5.41, 5.74) is 0.738. The van der Waals surface area contributed by atoms with Gasteiger partial charge in [-0.15, -0.1) is 0 Å². The van der Waals surface area contributed by atoms with Crippen molar-refractivity contribution in [2.75, 3.05) is 6.61 Å². The topological polar surface area (TPSA) is 29.5 Å². The molecule has 1 rings (SSSR count). The largest absolute Gasteiger partial charge is 0.385 e. The van der Waals surface area contributed by atoms with Crippen LogP contribution in [0.25, 0.3) is 0 Å². The fourth-order valence-corrected chi connectivity index (χ4v) is 0.964. The quantitative estimate of drug-likeness (QED) is 0.577. The Kier molecular flexibility index (Phi) is 2.25. The lowest BCUT2D eigenvalue weighted by atomic mass is 10.2. The fourth-order valence-electron chi connectivity index (χ4n) is 0.964. The molecule has 10 heavy (non-hydrogen) atoms. The Balaban J connectivity index is 2.50. The van der Waals surface area contributed by atoms with Crippen molar-refractivity contribution in [1.82, 2.24) is 0 Å². The van der Waals surface area contributed by atoms with Gasteiger partial charge in [-0.3, -0.25) is 0 Å². The molecule has 0 bridgehead atoms. The van der Waals surface area contributed by atoms with Crippen molar-refractivity contribution in [1.29, 1.82) is 0 Å². The third-order valence-corrected chi connectivity index (χ3v) is 1.56. The second kappa shape index (κ2) is 2.99. The van der Waals surface area contributed by atoms with Gasteiger partial charge in [-0.1, -0.05) is 18.7 Å². The number of aliphatic hydroxyl groups excluding tert-OH is 1. The highest BCUT2D eigenvalue weighted by molar-refractivity contribution is 5.28. The number of rotatable bonds is 2. The van der Waals surface area contributed by atoms with Crippen LogP contribution in [0.2, 0.25) is 0 Å². The van der Waals surface area contributed by atoms with E-state index in [0.29, 0.717) is 6.61 Å². The van der Waals surface area contributed by atoms with E-state index in [2.05, 4.69) is 6.58 Å². The highest BCUT2D eigenvalue weighted by Crippen LogP contribution is 2.18. The number of hydrogen-bond acceptors (Lipinski definition) is 2. The summed E-state index contributed by atoms with van der Waals surface area (Å²) in [6.07, 6.45) is 2.95. The second-order valence-electron chi connectivity index (χ2n) is 2.28. The maximum Gasteiger partial charge on any atom is 0.0992 e. The van der Waals surface area contributed by atoms with E-state index in [0.717, 1.165) is 5.57 Å². The summed E-state index contributed by atoms with van der Waals surface area (Å²) >= 11 is 0. The predicted octanol–water partition coefficient (Wildman–Crippen LogP) is 0.878. The van der Waals surface area contributed by atoms with Gasteiger partial charge in [0, 0.05) is 6.61 Å². The normalized spacial score (nSPS) is 31.6. The first-order chi connectivity index (χ1) is 4.75. The minimum atomic E-state index is -0.503. The first-order valence-electron chi connectivity index (χ1n) is 3.42. The van der Waals surface area contributed by atoms with Gasteiger partial charge in [-0.2, -0.15) is 0 Å². The van der Waals surface area contributed by atoms with E-state index < -0.39 is 6.10 Å². The Labute approximate surface area is 60.8 Å². The van der Waals surface area contributed by atoms with Crippen molar-refractivity contribution < 1.29 is 9.84 Å². The van der Waals surface area contributed by atoms with E-state index in [1.807, 2.05) is 13.0 Å². The van der Waals surface area contributed by atoms with Gasteiger partial charge in [0.05, 0.1) is 12.2 Å². The van der Waals surface area contributed by atoms with Crippen molar-refractivity contribution in [3.8, 4) is 0 Å². The van der Waals surface area contributed by atoms with Gasteiger partial charge < -0.3 is 9.84 Å². The average molecular weight is 140 g/mol. The minimum Gasteiger partial charge on any atom is -0.385 e. The molecular weight excluding hydrogens is 128 g/mol. The summed E-state index contributed by atoms with van der Waals surface area (Å²) in [6.45, 7) is 6.27. The number of aliphatic hydroxyl groups is 1. The molecule has 0 aromatic heterocycles. The first-order valence-corrected chi connectivity index (χ1v) is 3.42. The molecule has 2 nitrogen and oxygen atoms in total. The van der Waals surface area contributed by atoms with Crippen molar-refractivity contribution in [2.24, 2.45) is 0 Å². The number of ether oxygens (including phenoxy) is 1. The molecule has 56 valence electrons. The fraction of sp³-hybridized carbons (Fsp3) is 0.500. The van der Waals surface area contributed by atoms with Crippen LogP contribution in [0.3, 0.4) is 0 Å². The molecule has 0 radical (unpaired) electrons. The van der Waals surface area contributed by atoms with Gasteiger partial charge in [0.1, 0.15) is 0 Å². The van der Waals surface area contributed by atoms with Crippen molar-refractivity contribution in [2.45, 2.75) is 19.1 Å². The molecule has 0 spiro atoms. The third kappa shape index (κ3) is 1.28. The molecular formula is C8H12O2. The van der Waals surface area contributed by atoms with E-state index in [1.165, 1.54) is 0 Å². The van der Waals surface area contributed by atoms with Gasteiger partial charge in [-0.05, 0) is 12.5 Å². The van der Waals surface area contributed by atoms with Crippen LogP contribution >= 0.6 is 0 Å². The first kappa shape index (κ1) is 7.51. The molecule has 1 aliphatic rings. The summed E-state index contributed by atoms with van der Waals surface area (Å²) in [5, 5.41) is 9.13. The van der Waals surface area contributed by atoms with Gasteiger partial charge in [0.2, 0.25) is 0 Å². The summed E-state index contributed by atoms with van der Waals surface area (Å²) < 4.78 is 5.24. The molecule has 2 unspecified atom stereocenters. The molecule has 2 heteroatoms. The van der Waals surface area contributed by atoms with Gasteiger partial charge in [0.25, 0.3) is 0 Å². The van der Waals surface area contributed by atoms with Crippen LogP contribution in [0, 0.1) is 0 Å². The standard InChI is InChI=1S/C8H12O2/c1-3-10-8-5-4-7(9)6(8)2/h4-5,7-9H,2-3H2,1H3. The summed E-state index contributed by atoms with van der Waals surface area (Å²) in [7, 11) is 0. The molecule has 0 amide bonds. The third-order valence-electron chi connectivity index (χ3n) is 1.56. The predicted molar refractivity (Wildman–Crippen MR) is 39.7 cm³/mol. The molecule has 0 fully saturated rings. The summed E-state index contributed by atoms with van der Waals surface area (Å²) in [6, 6.07) is 0. The van der Waals surface area contributed by atoms with Crippen LogP contribution in [-0.2, 0) is 4.74 Å². The maximum atomic E-state index is 9.13. The monoisotopic (exact) mass is 140 g/mol. The molecule has 1 N–H and O–H groups in total. The van der Waals surface area contributed by atoms with Crippen LogP contribution in [0.4, 0.5) is 0 Å². The van der Waals surface area contributed by atoms with E-state index in [4.69, 9.17) is 9.84 Å². The molecule has 0 saturated heterocycles. The van der Waals surface area contributed by atoms with Crippen LogP contribution in [-0.4, -0.2) is 23.9 Å². The summed E-state index contributed by atoms with van der Waals surface area (Å²) in [4.78, 5) is 0. The molecule has 0 saturated carbocycles. The zero-order valence-corrected chi connectivity index (χ0v) is 6.08. The maximum absolute atomic E-state index is 9.13. The van der Waals surface area contributed by atoms with Crippen molar-refractivity contribution in [3.63, 3.8) is 0 Å². The van der Waals surface area contributed by atoms with Gasteiger partial charge in [-0.25, -0.2) is 0 Å². The van der Waals surface area contributed by atoms with Crippen LogP contribution < -0.4 is 0 Å². The Morgan fingerprint density at radius 1 is 1.70 bits per heavy atom. The Hall–Kier alpha value is -0.600. The molecule has 0 aromatic rings. The average Bonchev–Trinajstić information content (AvgIpc) is 2.20. The second-order valence-corrected chi connectivity index (χ2v) is 2.28. The highest BCUT2D eigenvalue weighted by atomic mass is 16.5. The lowest BCUT2D eigenvalue weighted by Gasteiger charge is -2.11. The zero-order valence-electron chi connectivity index (χ0n) is 6.08. The molecule has 0 aliphatic heterocycles. The van der Waals surface area contributed by atoms with Gasteiger partial charge in [0.15, 0.2) is 0 Å². The van der Waals surface area contributed by atoms with E-state index >= 15 is 0 Å². The molecule has 0 aromatic carbocycles. The van der Waals surface area contributed by atoms with E-state index in [-0.39, 0.29) is 6.10 Å². The highest BCUT2D eigenvalue weighted by Gasteiger charge is 2.20. The Morgan fingerprint density at radius 3 is 2.80 bits per heavy atom. The van der Waals surface area contributed by atoms with Crippen LogP contribution in [0.5, 0.6) is 0 Å².